The second-order valence-electron chi connectivity index (χ2n) is 11.4. The van der Waals surface area contributed by atoms with E-state index in [4.69, 9.17) is 0 Å². The van der Waals surface area contributed by atoms with Gasteiger partial charge in [0.25, 0.3) is 0 Å². The Kier molecular flexibility index (Phi) is 9.52. The molecule has 37 heavy (non-hydrogen) atoms. The summed E-state index contributed by atoms with van der Waals surface area (Å²) in [5.41, 5.74) is -0.408. The highest BCUT2D eigenvalue weighted by atomic mass is 28.3. The van der Waals surface area contributed by atoms with E-state index < -0.39 is 23.4 Å². The predicted octanol–water partition coefficient (Wildman–Crippen LogP) is 10.7. The third-order valence-corrected chi connectivity index (χ3v) is 12.0. The van der Waals surface area contributed by atoms with Gasteiger partial charge < -0.3 is 0 Å². The van der Waals surface area contributed by atoms with E-state index in [0.29, 0.717) is 0 Å². The zero-order chi connectivity index (χ0) is 26.5. The Morgan fingerprint density at radius 3 is 2.08 bits per heavy atom. The molecule has 0 N–H and O–H groups in total. The second-order valence-corrected chi connectivity index (χ2v) is 14.4. The molecule has 2 fully saturated rings. The third kappa shape index (κ3) is 7.04. The van der Waals surface area contributed by atoms with Crippen molar-refractivity contribution < 1.29 is 22.0 Å². The molecule has 0 atom stereocenters. The topological polar surface area (TPSA) is 0 Å². The van der Waals surface area contributed by atoms with Crippen molar-refractivity contribution in [3.63, 3.8) is 0 Å². The molecule has 0 unspecified atom stereocenters. The number of hydrogen-bond acceptors (Lipinski definition) is 0. The molecule has 2 aromatic rings. The SMILES string of the molecule is CCCCC[Si]1CCC(CCC2(c3cc(F)c(-c4ccc(C(F)(F)F)cc4)c(F)c3)CCCCC2)CC1. The van der Waals surface area contributed by atoms with Crippen molar-refractivity contribution in [1.29, 1.82) is 0 Å². The molecule has 1 saturated carbocycles. The fourth-order valence-electron chi connectivity index (χ4n) is 6.62. The quantitative estimate of drug-likeness (QED) is 0.170. The standard InChI is InChI=1S/C31H40F5Si/c1-2-3-7-18-37-19-13-23(14-20-37)12-17-30(15-5-4-6-16-30)26-21-27(32)29(28(33)22-26)24-8-10-25(11-9-24)31(34,35)36/h8-11,21-23H,2-7,12-20H2,1H3. The lowest BCUT2D eigenvalue weighted by atomic mass is 9.65. The minimum atomic E-state index is -4.48. The van der Waals surface area contributed by atoms with Crippen molar-refractivity contribution in [1.82, 2.24) is 0 Å². The number of halogens is 5. The van der Waals surface area contributed by atoms with Crippen molar-refractivity contribution in [2.75, 3.05) is 0 Å². The van der Waals surface area contributed by atoms with E-state index in [1.807, 2.05) is 0 Å². The van der Waals surface area contributed by atoms with Crippen LogP contribution in [0.2, 0.25) is 18.1 Å². The van der Waals surface area contributed by atoms with Crippen molar-refractivity contribution >= 4 is 8.80 Å². The number of alkyl halides is 3. The van der Waals surface area contributed by atoms with Crippen molar-refractivity contribution in [2.45, 2.75) is 114 Å². The maximum atomic E-state index is 15.4. The van der Waals surface area contributed by atoms with Crippen LogP contribution in [0.15, 0.2) is 36.4 Å². The molecule has 0 nitrogen and oxygen atoms in total. The average molecular weight is 536 g/mol. The molecule has 1 aliphatic carbocycles. The number of benzene rings is 2. The van der Waals surface area contributed by atoms with Gasteiger partial charge >= 0.3 is 6.18 Å². The van der Waals surface area contributed by atoms with Gasteiger partial charge in [-0.05, 0) is 72.4 Å². The Labute approximate surface area is 220 Å². The number of hydrogen-bond donors (Lipinski definition) is 0. The van der Waals surface area contributed by atoms with Crippen molar-refractivity contribution in [3.05, 3.63) is 59.2 Å². The van der Waals surface area contributed by atoms with Gasteiger partial charge in [-0.15, -0.1) is 0 Å². The summed E-state index contributed by atoms with van der Waals surface area (Å²) in [5, 5.41) is 0. The van der Waals surface area contributed by atoms with Gasteiger partial charge in [-0.2, -0.15) is 13.2 Å². The van der Waals surface area contributed by atoms with Crippen LogP contribution in [0, 0.1) is 17.6 Å². The highest BCUT2D eigenvalue weighted by Crippen LogP contribution is 2.46. The van der Waals surface area contributed by atoms with Crippen molar-refractivity contribution in [2.24, 2.45) is 5.92 Å². The molecule has 2 aromatic carbocycles. The molecule has 1 saturated heterocycles. The van der Waals surface area contributed by atoms with Gasteiger partial charge in [0.2, 0.25) is 0 Å². The Balaban J connectivity index is 1.47. The molecule has 4 rings (SSSR count). The average Bonchev–Trinajstić information content (AvgIpc) is 2.88. The summed E-state index contributed by atoms with van der Waals surface area (Å²) in [6, 6.07) is 11.3. The number of rotatable bonds is 9. The molecular formula is C31H40F5Si. The molecule has 6 heteroatoms. The van der Waals surface area contributed by atoms with Crippen LogP contribution in [0.3, 0.4) is 0 Å². The zero-order valence-corrected chi connectivity index (χ0v) is 23.0. The van der Waals surface area contributed by atoms with E-state index in [9.17, 15) is 13.2 Å². The molecule has 0 spiro atoms. The van der Waals surface area contributed by atoms with Crippen LogP contribution in [0.1, 0.15) is 95.1 Å². The summed E-state index contributed by atoms with van der Waals surface area (Å²) < 4.78 is 69.5. The van der Waals surface area contributed by atoms with Gasteiger partial charge in [-0.3, -0.25) is 0 Å². The number of unbranched alkanes of at least 4 members (excludes halogenated alkanes) is 2. The Bertz CT molecular complexity index is 976. The van der Waals surface area contributed by atoms with Crippen LogP contribution in [-0.4, -0.2) is 8.80 Å². The van der Waals surface area contributed by atoms with Gasteiger partial charge in [-0.25, -0.2) is 8.78 Å². The lowest BCUT2D eigenvalue weighted by Crippen LogP contribution is -2.31. The fraction of sp³-hybridized carbons (Fsp3) is 0.613. The van der Waals surface area contributed by atoms with Gasteiger partial charge in [0, 0.05) is 8.80 Å². The maximum absolute atomic E-state index is 15.4. The van der Waals surface area contributed by atoms with Crippen molar-refractivity contribution in [3.8, 4) is 11.1 Å². The molecule has 1 aliphatic heterocycles. The molecule has 2 aliphatic rings. The summed E-state index contributed by atoms with van der Waals surface area (Å²) in [7, 11) is -0.176. The first-order chi connectivity index (χ1) is 17.7. The zero-order valence-electron chi connectivity index (χ0n) is 22.0. The first kappa shape index (κ1) is 28.3. The molecule has 0 amide bonds. The van der Waals surface area contributed by atoms with Crippen LogP contribution in [0.5, 0.6) is 0 Å². The summed E-state index contributed by atoms with van der Waals surface area (Å²) in [5.74, 6) is -0.645. The fourth-order valence-corrected chi connectivity index (χ4v) is 9.76. The molecule has 203 valence electrons. The minimum Gasteiger partial charge on any atom is -0.206 e. The smallest absolute Gasteiger partial charge is 0.206 e. The van der Waals surface area contributed by atoms with Crippen LogP contribution in [0.25, 0.3) is 11.1 Å². The largest absolute Gasteiger partial charge is 0.416 e. The van der Waals surface area contributed by atoms with E-state index in [2.05, 4.69) is 6.92 Å². The van der Waals surface area contributed by atoms with Gasteiger partial charge in [-0.1, -0.05) is 88.6 Å². The summed E-state index contributed by atoms with van der Waals surface area (Å²) in [6.07, 6.45) is 9.44. The predicted molar refractivity (Wildman–Crippen MR) is 143 cm³/mol. The van der Waals surface area contributed by atoms with Gasteiger partial charge in [0.15, 0.2) is 0 Å². The summed E-state index contributed by atoms with van der Waals surface area (Å²) in [4.78, 5) is 0. The van der Waals surface area contributed by atoms with E-state index in [1.54, 1.807) is 0 Å². The molecule has 0 bridgehead atoms. The summed E-state index contributed by atoms with van der Waals surface area (Å²) in [6.45, 7) is 2.26. The normalized spacial score (nSPS) is 19.3. The Morgan fingerprint density at radius 1 is 0.892 bits per heavy atom. The first-order valence-electron chi connectivity index (χ1n) is 14.2. The third-order valence-electron chi connectivity index (χ3n) is 8.94. The van der Waals surface area contributed by atoms with Crippen LogP contribution >= 0.6 is 0 Å². The lowest BCUT2D eigenvalue weighted by molar-refractivity contribution is -0.137. The molecule has 1 heterocycles. The Morgan fingerprint density at radius 2 is 1.51 bits per heavy atom. The molecular weight excluding hydrogens is 495 g/mol. The van der Waals surface area contributed by atoms with Crippen LogP contribution < -0.4 is 0 Å². The maximum Gasteiger partial charge on any atom is 0.416 e. The Hall–Kier alpha value is -1.69. The van der Waals surface area contributed by atoms with Gasteiger partial charge in [0.1, 0.15) is 11.6 Å². The highest BCUT2D eigenvalue weighted by Gasteiger charge is 2.36. The molecule has 1 radical (unpaired) electrons. The van der Waals surface area contributed by atoms with E-state index in [0.717, 1.165) is 80.7 Å². The van der Waals surface area contributed by atoms with E-state index in [-0.39, 0.29) is 25.3 Å². The van der Waals surface area contributed by atoms with Crippen LogP contribution in [0.4, 0.5) is 22.0 Å². The van der Waals surface area contributed by atoms with E-state index in [1.165, 1.54) is 62.4 Å². The second kappa shape index (κ2) is 12.4. The van der Waals surface area contributed by atoms with Crippen LogP contribution in [-0.2, 0) is 11.6 Å². The first-order valence-corrected chi connectivity index (χ1v) is 16.3. The monoisotopic (exact) mass is 535 g/mol. The van der Waals surface area contributed by atoms with Gasteiger partial charge in [0.05, 0.1) is 11.1 Å². The van der Waals surface area contributed by atoms with E-state index >= 15 is 8.78 Å². The lowest BCUT2D eigenvalue weighted by Gasteiger charge is -2.40. The highest BCUT2D eigenvalue weighted by molar-refractivity contribution is 6.58. The minimum absolute atomic E-state index is 0.131. The molecule has 0 aromatic heterocycles. The summed E-state index contributed by atoms with van der Waals surface area (Å²) >= 11 is 0.